The van der Waals surface area contributed by atoms with Gasteiger partial charge in [-0.25, -0.2) is 0 Å². The van der Waals surface area contributed by atoms with Gasteiger partial charge in [-0.05, 0) is 18.6 Å². The highest BCUT2D eigenvalue weighted by Gasteiger charge is 2.27. The van der Waals surface area contributed by atoms with Crippen LogP contribution in [-0.4, -0.2) is 37.1 Å². The normalized spacial score (nSPS) is 11.4. The summed E-state index contributed by atoms with van der Waals surface area (Å²) < 4.78 is 15.3. The minimum absolute atomic E-state index is 0.0405. The molecule has 0 heterocycles. The lowest BCUT2D eigenvalue weighted by molar-refractivity contribution is -0.386. The van der Waals surface area contributed by atoms with Gasteiger partial charge in [0.1, 0.15) is 0 Å². The third-order valence-corrected chi connectivity index (χ3v) is 2.92. The standard InChI is InChI=1S/C12H17NO6/c1-12(18-3,19-4)7-8-5-9(13(15)16)11(14)10(6-8)17-2/h5-6,14H,7H2,1-4H3. The monoisotopic (exact) mass is 271 g/mol. The van der Waals surface area contributed by atoms with E-state index >= 15 is 0 Å². The maximum absolute atomic E-state index is 10.9. The molecule has 0 aromatic heterocycles. The Labute approximate surface area is 110 Å². The predicted octanol–water partition coefficient (Wildman–Crippen LogP) is 1.86. The van der Waals surface area contributed by atoms with Crippen molar-refractivity contribution in [1.82, 2.24) is 0 Å². The van der Waals surface area contributed by atoms with Crippen LogP contribution in [0.1, 0.15) is 12.5 Å². The van der Waals surface area contributed by atoms with Gasteiger partial charge >= 0.3 is 5.69 Å². The molecule has 1 rings (SSSR count). The Hall–Kier alpha value is -1.86. The van der Waals surface area contributed by atoms with Crippen LogP contribution < -0.4 is 4.74 Å². The average molecular weight is 271 g/mol. The van der Waals surface area contributed by atoms with Gasteiger partial charge in [0.2, 0.25) is 5.75 Å². The summed E-state index contributed by atoms with van der Waals surface area (Å²) in [6.07, 6.45) is 0.275. The molecule has 0 amide bonds. The lowest BCUT2D eigenvalue weighted by Crippen LogP contribution is -2.32. The number of rotatable bonds is 6. The quantitative estimate of drug-likeness (QED) is 0.482. The van der Waals surface area contributed by atoms with E-state index in [1.165, 1.54) is 33.5 Å². The van der Waals surface area contributed by atoms with Crippen molar-refractivity contribution in [2.75, 3.05) is 21.3 Å². The van der Waals surface area contributed by atoms with Gasteiger partial charge < -0.3 is 19.3 Å². The molecule has 7 nitrogen and oxygen atoms in total. The summed E-state index contributed by atoms with van der Waals surface area (Å²) in [5, 5.41) is 20.5. The number of phenolic OH excluding ortho intramolecular Hbond substituents is 1. The molecule has 0 saturated heterocycles. The molecule has 0 radical (unpaired) electrons. The molecule has 0 fully saturated rings. The first-order valence-corrected chi connectivity index (χ1v) is 5.51. The second-order valence-corrected chi connectivity index (χ2v) is 4.14. The van der Waals surface area contributed by atoms with Crippen LogP contribution >= 0.6 is 0 Å². The third kappa shape index (κ3) is 3.33. The van der Waals surface area contributed by atoms with E-state index in [1.807, 2.05) is 0 Å². The Balaban J connectivity index is 3.22. The van der Waals surface area contributed by atoms with E-state index in [9.17, 15) is 15.2 Å². The first kappa shape index (κ1) is 15.2. The molecular formula is C12H17NO6. The molecule has 0 unspecified atom stereocenters. The second-order valence-electron chi connectivity index (χ2n) is 4.14. The van der Waals surface area contributed by atoms with Gasteiger partial charge in [-0.2, -0.15) is 0 Å². The number of benzene rings is 1. The molecule has 19 heavy (non-hydrogen) atoms. The minimum Gasteiger partial charge on any atom is -0.500 e. The van der Waals surface area contributed by atoms with Crippen LogP contribution in [0.2, 0.25) is 0 Å². The van der Waals surface area contributed by atoms with Crippen LogP contribution in [0.4, 0.5) is 5.69 Å². The highest BCUT2D eigenvalue weighted by atomic mass is 16.7. The summed E-state index contributed by atoms with van der Waals surface area (Å²) in [5.41, 5.74) is 0.149. The topological polar surface area (TPSA) is 91.1 Å². The van der Waals surface area contributed by atoms with Gasteiger partial charge in [0.05, 0.1) is 12.0 Å². The number of hydrogen-bond acceptors (Lipinski definition) is 6. The van der Waals surface area contributed by atoms with Crippen LogP contribution in [0.3, 0.4) is 0 Å². The fraction of sp³-hybridized carbons (Fsp3) is 0.500. The Kier molecular flexibility index (Phi) is 4.68. The van der Waals surface area contributed by atoms with Gasteiger partial charge in [-0.3, -0.25) is 10.1 Å². The number of aromatic hydroxyl groups is 1. The van der Waals surface area contributed by atoms with Gasteiger partial charge in [-0.15, -0.1) is 0 Å². The van der Waals surface area contributed by atoms with Crippen molar-refractivity contribution < 1.29 is 24.2 Å². The molecule has 0 spiro atoms. The van der Waals surface area contributed by atoms with Gasteiger partial charge in [-0.1, -0.05) is 0 Å². The molecule has 1 aromatic carbocycles. The molecule has 106 valence electrons. The Bertz CT molecular complexity index is 470. The van der Waals surface area contributed by atoms with Gasteiger partial charge in [0.25, 0.3) is 0 Å². The largest absolute Gasteiger partial charge is 0.500 e. The zero-order valence-electron chi connectivity index (χ0n) is 11.3. The number of nitrogens with zero attached hydrogens (tertiary/aromatic N) is 1. The molecule has 0 saturated carbocycles. The van der Waals surface area contributed by atoms with Crippen molar-refractivity contribution in [2.45, 2.75) is 19.1 Å². The van der Waals surface area contributed by atoms with Crippen LogP contribution in [0, 0.1) is 10.1 Å². The van der Waals surface area contributed by atoms with E-state index in [-0.39, 0.29) is 12.2 Å². The average Bonchev–Trinajstić information content (AvgIpc) is 2.40. The van der Waals surface area contributed by atoms with Gasteiger partial charge in [0.15, 0.2) is 11.5 Å². The summed E-state index contributed by atoms with van der Waals surface area (Å²) in [7, 11) is 4.29. The number of hydrogen-bond donors (Lipinski definition) is 1. The molecule has 0 aliphatic rings. The van der Waals surface area contributed by atoms with Crippen molar-refractivity contribution in [1.29, 1.82) is 0 Å². The summed E-state index contributed by atoms with van der Waals surface area (Å²) >= 11 is 0. The second kappa shape index (κ2) is 5.85. The summed E-state index contributed by atoms with van der Waals surface area (Å²) in [6, 6.07) is 2.78. The minimum atomic E-state index is -0.907. The van der Waals surface area contributed by atoms with Crippen LogP contribution in [0.25, 0.3) is 0 Å². The number of methoxy groups -OCH3 is 3. The van der Waals surface area contributed by atoms with Crippen LogP contribution in [0.15, 0.2) is 12.1 Å². The SMILES string of the molecule is COc1cc(CC(C)(OC)OC)cc([N+](=O)[O-])c1O. The molecule has 1 N–H and O–H groups in total. The van der Waals surface area contributed by atoms with E-state index in [2.05, 4.69) is 0 Å². The molecule has 0 atom stereocenters. The van der Waals surface area contributed by atoms with E-state index in [0.29, 0.717) is 5.56 Å². The first-order valence-electron chi connectivity index (χ1n) is 5.51. The number of nitro groups is 1. The molecule has 7 heteroatoms. The third-order valence-electron chi connectivity index (χ3n) is 2.92. The lowest BCUT2D eigenvalue weighted by Gasteiger charge is -2.26. The number of phenols is 1. The smallest absolute Gasteiger partial charge is 0.314 e. The summed E-state index contributed by atoms with van der Waals surface area (Å²) in [5.74, 6) is -1.36. The number of nitro benzene ring substituents is 1. The predicted molar refractivity (Wildman–Crippen MR) is 67.4 cm³/mol. The molecule has 1 aromatic rings. The van der Waals surface area contributed by atoms with Gasteiger partial charge in [0, 0.05) is 26.7 Å². The fourth-order valence-corrected chi connectivity index (χ4v) is 1.64. The maximum Gasteiger partial charge on any atom is 0.314 e. The van der Waals surface area contributed by atoms with E-state index in [4.69, 9.17) is 14.2 Å². The molecule has 0 bridgehead atoms. The van der Waals surface area contributed by atoms with Crippen molar-refractivity contribution in [3.8, 4) is 11.5 Å². The molecule has 0 aliphatic heterocycles. The van der Waals surface area contributed by atoms with E-state index < -0.39 is 22.1 Å². The highest BCUT2D eigenvalue weighted by Crippen LogP contribution is 2.37. The highest BCUT2D eigenvalue weighted by molar-refractivity contribution is 5.57. The van der Waals surface area contributed by atoms with Crippen molar-refractivity contribution in [3.63, 3.8) is 0 Å². The Morgan fingerprint density at radius 1 is 1.32 bits per heavy atom. The van der Waals surface area contributed by atoms with Crippen molar-refractivity contribution in [3.05, 3.63) is 27.8 Å². The zero-order valence-corrected chi connectivity index (χ0v) is 11.3. The summed E-state index contributed by atoms with van der Waals surface area (Å²) in [6.45, 7) is 1.71. The fourth-order valence-electron chi connectivity index (χ4n) is 1.64. The van der Waals surface area contributed by atoms with Crippen LogP contribution in [0.5, 0.6) is 11.5 Å². The van der Waals surface area contributed by atoms with Crippen LogP contribution in [-0.2, 0) is 15.9 Å². The van der Waals surface area contributed by atoms with Crippen molar-refractivity contribution in [2.24, 2.45) is 0 Å². The molecular weight excluding hydrogens is 254 g/mol. The zero-order chi connectivity index (χ0) is 14.6. The molecule has 0 aliphatic carbocycles. The van der Waals surface area contributed by atoms with E-state index in [0.717, 1.165) is 0 Å². The van der Waals surface area contributed by atoms with E-state index in [1.54, 1.807) is 6.92 Å². The lowest BCUT2D eigenvalue weighted by atomic mass is 10.0. The first-order chi connectivity index (χ1) is 8.86. The maximum atomic E-state index is 10.9. The Morgan fingerprint density at radius 2 is 1.89 bits per heavy atom. The number of ether oxygens (including phenoxy) is 3. The Morgan fingerprint density at radius 3 is 2.32 bits per heavy atom. The summed E-state index contributed by atoms with van der Waals surface area (Å²) in [4.78, 5) is 10.2. The van der Waals surface area contributed by atoms with Crippen molar-refractivity contribution >= 4 is 5.69 Å².